The number of hydrogen-bond donors (Lipinski definition) is 1. The third-order valence-electron chi connectivity index (χ3n) is 6.47. The average Bonchev–Trinajstić information content (AvgIpc) is 3.43. The van der Waals surface area contributed by atoms with Crippen molar-refractivity contribution in [1.82, 2.24) is 14.5 Å². The van der Waals surface area contributed by atoms with Gasteiger partial charge in [0.1, 0.15) is 10.4 Å². The summed E-state index contributed by atoms with van der Waals surface area (Å²) in [5.41, 5.74) is 1.45. The molecule has 2 aromatic heterocycles. The van der Waals surface area contributed by atoms with E-state index in [0.29, 0.717) is 22.7 Å². The van der Waals surface area contributed by atoms with Crippen molar-refractivity contribution in [1.29, 1.82) is 0 Å². The monoisotopic (exact) mass is 449 g/mol. The molecule has 1 aliphatic heterocycles. The van der Waals surface area contributed by atoms with Gasteiger partial charge >= 0.3 is 5.69 Å². The van der Waals surface area contributed by atoms with Crippen LogP contribution in [0.25, 0.3) is 20.3 Å². The van der Waals surface area contributed by atoms with E-state index in [2.05, 4.69) is 22.0 Å². The lowest BCUT2D eigenvalue weighted by molar-refractivity contribution is 0.320. The summed E-state index contributed by atoms with van der Waals surface area (Å²) in [5, 5.41) is 0.937. The van der Waals surface area contributed by atoms with Crippen LogP contribution < -0.4 is 16.0 Å². The zero-order chi connectivity index (χ0) is 22.1. The first kappa shape index (κ1) is 21.0. The summed E-state index contributed by atoms with van der Waals surface area (Å²) in [5.74, 6) is 1.46. The van der Waals surface area contributed by atoms with Crippen LogP contribution in [0.1, 0.15) is 30.7 Å². The molecule has 0 bridgehead atoms. The third-order valence-corrected chi connectivity index (χ3v) is 7.63. The molecule has 5 rings (SSSR count). The van der Waals surface area contributed by atoms with Crippen LogP contribution in [-0.2, 0) is 6.54 Å². The molecule has 1 unspecified atom stereocenters. The number of unbranched alkanes of at least 4 members (excludes halogenated alkanes) is 1. The molecule has 166 valence electrons. The molecule has 0 saturated carbocycles. The molecule has 1 fully saturated rings. The number of rotatable bonds is 7. The van der Waals surface area contributed by atoms with Crippen LogP contribution in [0, 0.1) is 0 Å². The molecular formula is C25H27N3O3S. The number of hydrogen-bond acceptors (Lipinski definition) is 5. The van der Waals surface area contributed by atoms with Crippen LogP contribution in [0.3, 0.4) is 0 Å². The molecule has 6 nitrogen and oxygen atoms in total. The number of ether oxygens (including phenoxy) is 1. The Labute approximate surface area is 190 Å². The van der Waals surface area contributed by atoms with Gasteiger partial charge in [0.15, 0.2) is 0 Å². The summed E-state index contributed by atoms with van der Waals surface area (Å²) < 4.78 is 8.54. The number of aromatic amines is 1. The van der Waals surface area contributed by atoms with Gasteiger partial charge in [-0.1, -0.05) is 36.4 Å². The minimum absolute atomic E-state index is 0.178. The molecule has 3 heterocycles. The van der Waals surface area contributed by atoms with E-state index in [4.69, 9.17) is 4.74 Å². The average molecular weight is 450 g/mol. The van der Waals surface area contributed by atoms with Crippen molar-refractivity contribution < 1.29 is 4.74 Å². The number of fused-ring (bicyclic) bond motifs is 3. The fraction of sp³-hybridized carbons (Fsp3) is 0.360. The van der Waals surface area contributed by atoms with Crippen molar-refractivity contribution in [3.05, 3.63) is 74.9 Å². The van der Waals surface area contributed by atoms with Crippen molar-refractivity contribution >= 4 is 31.6 Å². The molecule has 0 amide bonds. The first-order valence-corrected chi connectivity index (χ1v) is 12.0. The molecule has 0 aliphatic carbocycles. The molecule has 1 aliphatic rings. The number of nitrogens with zero attached hydrogens (tertiary/aromatic N) is 2. The Balaban J connectivity index is 1.21. The largest absolute Gasteiger partial charge is 0.496 e. The normalized spacial score (nSPS) is 16.8. The first-order chi connectivity index (χ1) is 15.7. The number of aromatic nitrogens is 2. The van der Waals surface area contributed by atoms with Gasteiger partial charge in [0, 0.05) is 29.1 Å². The smallest absolute Gasteiger partial charge is 0.328 e. The van der Waals surface area contributed by atoms with E-state index in [0.717, 1.165) is 54.7 Å². The summed E-state index contributed by atoms with van der Waals surface area (Å²) in [6.45, 7) is 3.51. The van der Waals surface area contributed by atoms with Crippen molar-refractivity contribution in [2.24, 2.45) is 0 Å². The molecule has 2 aromatic carbocycles. The maximum absolute atomic E-state index is 13.0. The molecule has 32 heavy (non-hydrogen) atoms. The van der Waals surface area contributed by atoms with E-state index >= 15 is 0 Å². The summed E-state index contributed by atoms with van der Waals surface area (Å²) in [7, 11) is 1.73. The number of H-pyrrole nitrogens is 1. The second-order valence-corrected chi connectivity index (χ2v) is 9.48. The van der Waals surface area contributed by atoms with Crippen LogP contribution in [0.4, 0.5) is 0 Å². The van der Waals surface area contributed by atoms with E-state index in [1.165, 1.54) is 21.5 Å². The SMILES string of the molecule is COc1ccccc1C1CCN(CCCCn2c(=O)[nH]c3c(sc4ccccc43)c2=O)C1. The van der Waals surface area contributed by atoms with Crippen LogP contribution in [-0.4, -0.2) is 41.2 Å². The second kappa shape index (κ2) is 8.92. The Bertz CT molecular complexity index is 1370. The fourth-order valence-electron chi connectivity index (χ4n) is 4.81. The molecule has 0 spiro atoms. The van der Waals surface area contributed by atoms with E-state index < -0.39 is 0 Å². The summed E-state index contributed by atoms with van der Waals surface area (Å²) in [6.07, 6.45) is 2.88. The number of likely N-dealkylation sites (tertiary alicyclic amines) is 1. The molecular weight excluding hydrogens is 422 g/mol. The second-order valence-electron chi connectivity index (χ2n) is 8.42. The highest BCUT2D eigenvalue weighted by molar-refractivity contribution is 7.25. The number of benzene rings is 2. The van der Waals surface area contributed by atoms with E-state index in [1.807, 2.05) is 36.4 Å². The summed E-state index contributed by atoms with van der Waals surface area (Å²) >= 11 is 1.45. The van der Waals surface area contributed by atoms with Crippen molar-refractivity contribution in [3.63, 3.8) is 0 Å². The highest BCUT2D eigenvalue weighted by Gasteiger charge is 2.25. The van der Waals surface area contributed by atoms with Gasteiger partial charge < -0.3 is 14.6 Å². The fourth-order valence-corrected chi connectivity index (χ4v) is 5.92. The molecule has 4 aromatic rings. The lowest BCUT2D eigenvalue weighted by Gasteiger charge is -2.17. The summed E-state index contributed by atoms with van der Waals surface area (Å²) in [6, 6.07) is 16.1. The van der Waals surface area contributed by atoms with E-state index in [-0.39, 0.29) is 11.2 Å². The van der Waals surface area contributed by atoms with Crippen LogP contribution in [0.15, 0.2) is 58.1 Å². The van der Waals surface area contributed by atoms with Gasteiger partial charge in [0.25, 0.3) is 5.56 Å². The summed E-state index contributed by atoms with van der Waals surface area (Å²) in [4.78, 5) is 31.0. The number of nitrogens with one attached hydrogen (secondary N) is 1. The zero-order valence-corrected chi connectivity index (χ0v) is 19.0. The Morgan fingerprint density at radius 3 is 2.72 bits per heavy atom. The van der Waals surface area contributed by atoms with Crippen molar-refractivity contribution in [2.45, 2.75) is 31.7 Å². The van der Waals surface area contributed by atoms with Gasteiger partial charge in [-0.2, -0.15) is 0 Å². The Morgan fingerprint density at radius 2 is 1.84 bits per heavy atom. The topological polar surface area (TPSA) is 67.3 Å². The quantitative estimate of drug-likeness (QED) is 0.430. The minimum Gasteiger partial charge on any atom is -0.496 e. The van der Waals surface area contributed by atoms with E-state index in [1.54, 1.807) is 7.11 Å². The number of para-hydroxylation sites is 1. The molecule has 1 N–H and O–H groups in total. The molecule has 7 heteroatoms. The number of thiophene rings is 1. The Hall–Kier alpha value is -2.90. The molecule has 1 atom stereocenters. The lowest BCUT2D eigenvalue weighted by Crippen LogP contribution is -2.34. The van der Waals surface area contributed by atoms with Crippen molar-refractivity contribution in [3.8, 4) is 5.75 Å². The van der Waals surface area contributed by atoms with Crippen LogP contribution in [0.2, 0.25) is 0 Å². The zero-order valence-electron chi connectivity index (χ0n) is 18.2. The van der Waals surface area contributed by atoms with Gasteiger partial charge in [0.05, 0.1) is 12.6 Å². The predicted molar refractivity (Wildman–Crippen MR) is 130 cm³/mol. The first-order valence-electron chi connectivity index (χ1n) is 11.2. The van der Waals surface area contributed by atoms with Gasteiger partial charge in [-0.25, -0.2) is 4.79 Å². The molecule has 0 radical (unpaired) electrons. The van der Waals surface area contributed by atoms with E-state index in [9.17, 15) is 9.59 Å². The highest BCUT2D eigenvalue weighted by atomic mass is 32.1. The van der Waals surface area contributed by atoms with Gasteiger partial charge in [0.2, 0.25) is 0 Å². The maximum atomic E-state index is 13.0. The third kappa shape index (κ3) is 3.87. The molecule has 1 saturated heterocycles. The lowest BCUT2D eigenvalue weighted by atomic mass is 9.97. The number of methoxy groups -OCH3 is 1. The van der Waals surface area contributed by atoms with Crippen LogP contribution >= 0.6 is 11.3 Å². The predicted octanol–water partition coefficient (Wildman–Crippen LogP) is 4.18. The highest BCUT2D eigenvalue weighted by Crippen LogP contribution is 2.33. The minimum atomic E-state index is -0.316. The van der Waals surface area contributed by atoms with Gasteiger partial charge in [-0.05, 0) is 50.0 Å². The van der Waals surface area contributed by atoms with Gasteiger partial charge in [-0.3, -0.25) is 9.36 Å². The standard InChI is InChI=1S/C25H27N3O3S/c1-31-20-10-4-2-8-18(20)17-12-15-27(16-17)13-6-7-14-28-24(29)23-22(26-25(28)30)19-9-3-5-11-21(19)32-23/h2-5,8-11,17H,6-7,12-16H2,1H3,(H,26,30). The van der Waals surface area contributed by atoms with Crippen LogP contribution in [0.5, 0.6) is 5.75 Å². The Morgan fingerprint density at radius 1 is 1.06 bits per heavy atom. The maximum Gasteiger partial charge on any atom is 0.328 e. The van der Waals surface area contributed by atoms with Gasteiger partial charge in [-0.15, -0.1) is 11.3 Å². The Kier molecular flexibility index (Phi) is 5.85. The van der Waals surface area contributed by atoms with Crippen molar-refractivity contribution in [2.75, 3.05) is 26.7 Å².